The van der Waals surface area contributed by atoms with Gasteiger partial charge >= 0.3 is 0 Å². The Bertz CT molecular complexity index is 1020. The highest BCUT2D eigenvalue weighted by Crippen LogP contribution is 2.34. The van der Waals surface area contributed by atoms with Crippen molar-refractivity contribution in [2.75, 3.05) is 0 Å². The molecular weight excluding hydrogens is 354 g/mol. The lowest BCUT2D eigenvalue weighted by Gasteiger charge is -2.30. The number of benzene rings is 2. The Morgan fingerprint density at radius 2 is 1.85 bits per heavy atom. The lowest BCUT2D eigenvalue weighted by molar-refractivity contribution is 0.181. The second-order valence-electron chi connectivity index (χ2n) is 7.89. The second-order valence-corrected chi connectivity index (χ2v) is 8.30. The summed E-state index contributed by atoms with van der Waals surface area (Å²) >= 11 is 6.42. The molecule has 4 heteroatoms. The van der Waals surface area contributed by atoms with Crippen LogP contribution in [0.15, 0.2) is 42.5 Å². The number of para-hydroxylation sites is 1. The zero-order valence-corrected chi connectivity index (χ0v) is 16.6. The van der Waals surface area contributed by atoms with E-state index in [-0.39, 0.29) is 0 Å². The maximum absolute atomic E-state index is 6.42. The van der Waals surface area contributed by atoms with E-state index in [9.17, 15) is 0 Å². The van der Waals surface area contributed by atoms with Gasteiger partial charge in [0.15, 0.2) is 0 Å². The molecule has 3 nitrogen and oxygen atoms in total. The highest BCUT2D eigenvalue weighted by Gasteiger charge is 2.32. The molecule has 0 saturated heterocycles. The molecule has 2 aromatic carbocycles. The Kier molecular flexibility index (Phi) is 4.10. The lowest BCUT2D eigenvalue weighted by Crippen LogP contribution is -2.35. The molecule has 0 fully saturated rings. The molecule has 2 aliphatic rings. The first-order valence-electron chi connectivity index (χ1n) is 9.75. The fraction of sp³-hybridized carbons (Fsp3) is 0.348. The van der Waals surface area contributed by atoms with Gasteiger partial charge in [-0.05, 0) is 67.5 Å². The SMILES string of the molecule is Cc1cccc2c1CN([C@@H]1CCc3nn(-c4ccccc4Cl)c(C)c3C1)C2. The molecule has 0 unspecified atom stereocenters. The van der Waals surface area contributed by atoms with Crippen molar-refractivity contribution in [2.45, 2.75) is 52.2 Å². The highest BCUT2D eigenvalue weighted by atomic mass is 35.5. The van der Waals surface area contributed by atoms with E-state index >= 15 is 0 Å². The molecule has 0 radical (unpaired) electrons. The molecule has 0 N–H and O–H groups in total. The van der Waals surface area contributed by atoms with Gasteiger partial charge in [0.05, 0.1) is 16.4 Å². The third-order valence-electron chi connectivity index (χ3n) is 6.32. The standard InChI is InChI=1S/C23H24ClN3/c1-15-6-5-7-17-13-26(14-20(15)17)18-10-11-22-19(12-18)16(2)27(25-22)23-9-4-3-8-21(23)24/h3-9,18H,10-14H2,1-2H3/t18-/m1/s1. The van der Waals surface area contributed by atoms with Crippen molar-refractivity contribution in [1.29, 1.82) is 0 Å². The Hall–Kier alpha value is -2.10. The fourth-order valence-corrected chi connectivity index (χ4v) is 4.96. The van der Waals surface area contributed by atoms with Gasteiger partial charge in [0.25, 0.3) is 0 Å². The smallest absolute Gasteiger partial charge is 0.0835 e. The van der Waals surface area contributed by atoms with Crippen LogP contribution in [0.2, 0.25) is 5.02 Å². The molecular formula is C23H24ClN3. The lowest BCUT2D eigenvalue weighted by atomic mass is 9.91. The van der Waals surface area contributed by atoms with E-state index in [1.54, 1.807) is 0 Å². The molecule has 1 aliphatic heterocycles. The number of nitrogens with zero attached hydrogens (tertiary/aromatic N) is 3. The number of rotatable bonds is 2. The van der Waals surface area contributed by atoms with Crippen molar-refractivity contribution in [3.8, 4) is 5.69 Å². The van der Waals surface area contributed by atoms with Crippen molar-refractivity contribution in [2.24, 2.45) is 0 Å². The zero-order valence-electron chi connectivity index (χ0n) is 15.9. The first-order chi connectivity index (χ1) is 13.1. The van der Waals surface area contributed by atoms with Gasteiger partial charge in [-0.15, -0.1) is 0 Å². The summed E-state index contributed by atoms with van der Waals surface area (Å²) in [6.07, 6.45) is 3.31. The topological polar surface area (TPSA) is 21.1 Å². The largest absolute Gasteiger partial charge is 0.292 e. The number of aryl methyl sites for hydroxylation is 2. The first kappa shape index (κ1) is 17.0. The minimum atomic E-state index is 0.590. The minimum Gasteiger partial charge on any atom is -0.292 e. The number of fused-ring (bicyclic) bond motifs is 2. The van der Waals surface area contributed by atoms with E-state index in [4.69, 9.17) is 16.7 Å². The Morgan fingerprint density at radius 1 is 1.00 bits per heavy atom. The quantitative estimate of drug-likeness (QED) is 0.625. The zero-order chi connectivity index (χ0) is 18.5. The molecule has 27 heavy (non-hydrogen) atoms. The normalized spacial score (nSPS) is 19.1. The third-order valence-corrected chi connectivity index (χ3v) is 6.64. The predicted molar refractivity (Wildman–Crippen MR) is 110 cm³/mol. The molecule has 138 valence electrons. The van der Waals surface area contributed by atoms with E-state index in [2.05, 4.69) is 36.9 Å². The van der Waals surface area contributed by atoms with Crippen LogP contribution in [-0.4, -0.2) is 20.7 Å². The van der Waals surface area contributed by atoms with Crippen LogP contribution in [-0.2, 0) is 25.9 Å². The van der Waals surface area contributed by atoms with Crippen LogP contribution < -0.4 is 0 Å². The summed E-state index contributed by atoms with van der Waals surface area (Å²) in [5, 5.41) is 5.66. The van der Waals surface area contributed by atoms with E-state index in [1.165, 1.54) is 40.1 Å². The average Bonchev–Trinajstić information content (AvgIpc) is 3.25. The molecule has 0 spiro atoms. The summed E-state index contributed by atoms with van der Waals surface area (Å²) < 4.78 is 2.04. The van der Waals surface area contributed by atoms with Gasteiger partial charge in [0.1, 0.15) is 0 Å². The summed E-state index contributed by atoms with van der Waals surface area (Å²) in [6.45, 7) is 6.58. The van der Waals surface area contributed by atoms with E-state index in [0.29, 0.717) is 6.04 Å². The van der Waals surface area contributed by atoms with Crippen LogP contribution in [0.3, 0.4) is 0 Å². The second kappa shape index (κ2) is 6.50. The first-order valence-corrected chi connectivity index (χ1v) is 10.1. The summed E-state index contributed by atoms with van der Waals surface area (Å²) in [5.41, 5.74) is 9.34. The van der Waals surface area contributed by atoms with Crippen molar-refractivity contribution < 1.29 is 0 Å². The molecule has 0 bridgehead atoms. The van der Waals surface area contributed by atoms with Crippen molar-refractivity contribution in [1.82, 2.24) is 14.7 Å². The van der Waals surface area contributed by atoms with Gasteiger partial charge in [0.2, 0.25) is 0 Å². The molecule has 5 rings (SSSR count). The number of aromatic nitrogens is 2. The number of halogens is 1. The minimum absolute atomic E-state index is 0.590. The van der Waals surface area contributed by atoms with Gasteiger partial charge in [-0.1, -0.05) is 41.9 Å². The molecule has 0 saturated carbocycles. The Balaban J connectivity index is 1.43. The Morgan fingerprint density at radius 3 is 2.67 bits per heavy atom. The molecule has 2 heterocycles. The van der Waals surface area contributed by atoms with E-state index in [1.807, 2.05) is 28.9 Å². The van der Waals surface area contributed by atoms with Gasteiger partial charge in [-0.25, -0.2) is 4.68 Å². The third kappa shape index (κ3) is 2.81. The van der Waals surface area contributed by atoms with Gasteiger partial charge in [-0.2, -0.15) is 5.10 Å². The van der Waals surface area contributed by atoms with E-state index in [0.717, 1.165) is 36.6 Å². The van der Waals surface area contributed by atoms with Crippen LogP contribution in [0.5, 0.6) is 0 Å². The van der Waals surface area contributed by atoms with Crippen LogP contribution in [0.25, 0.3) is 5.69 Å². The molecule has 1 aromatic heterocycles. The van der Waals surface area contributed by atoms with Crippen LogP contribution in [0, 0.1) is 13.8 Å². The van der Waals surface area contributed by atoms with Crippen LogP contribution in [0.1, 0.15) is 40.1 Å². The van der Waals surface area contributed by atoms with Crippen LogP contribution in [0.4, 0.5) is 0 Å². The van der Waals surface area contributed by atoms with Crippen molar-refractivity contribution >= 4 is 11.6 Å². The highest BCUT2D eigenvalue weighted by molar-refractivity contribution is 6.32. The molecule has 3 aromatic rings. The molecule has 1 aliphatic carbocycles. The summed E-state index contributed by atoms with van der Waals surface area (Å²) in [7, 11) is 0. The van der Waals surface area contributed by atoms with E-state index < -0.39 is 0 Å². The summed E-state index contributed by atoms with van der Waals surface area (Å²) in [5.74, 6) is 0. The number of hydrogen-bond donors (Lipinski definition) is 0. The van der Waals surface area contributed by atoms with Gasteiger partial charge < -0.3 is 0 Å². The molecule has 0 amide bonds. The van der Waals surface area contributed by atoms with Crippen molar-refractivity contribution in [3.63, 3.8) is 0 Å². The maximum atomic E-state index is 6.42. The summed E-state index contributed by atoms with van der Waals surface area (Å²) in [4.78, 5) is 2.66. The molecule has 1 atom stereocenters. The number of hydrogen-bond acceptors (Lipinski definition) is 2. The van der Waals surface area contributed by atoms with Crippen molar-refractivity contribution in [3.05, 3.63) is 81.1 Å². The fourth-order valence-electron chi connectivity index (χ4n) is 4.74. The van der Waals surface area contributed by atoms with Crippen LogP contribution >= 0.6 is 11.6 Å². The maximum Gasteiger partial charge on any atom is 0.0835 e. The van der Waals surface area contributed by atoms with Gasteiger partial charge in [-0.3, -0.25) is 4.90 Å². The Labute approximate surface area is 165 Å². The monoisotopic (exact) mass is 377 g/mol. The average molecular weight is 378 g/mol. The predicted octanol–water partition coefficient (Wildman–Crippen LogP) is 5.02. The van der Waals surface area contributed by atoms with Gasteiger partial charge in [0, 0.05) is 24.8 Å². The summed E-state index contributed by atoms with van der Waals surface area (Å²) in [6, 6.07) is 15.3.